The zero-order valence-electron chi connectivity index (χ0n) is 16.7. The number of hydrogen-bond acceptors (Lipinski definition) is 3. The smallest absolute Gasteiger partial charge is 0.264 e. The Morgan fingerprint density at radius 2 is 1.55 bits per heavy atom. The van der Waals surface area contributed by atoms with Crippen LogP contribution in [-0.4, -0.2) is 20.9 Å². The number of hydrogen-bond donors (Lipinski definition) is 1. The van der Waals surface area contributed by atoms with Gasteiger partial charge in [-0.3, -0.25) is 9.10 Å². The van der Waals surface area contributed by atoms with Crippen molar-refractivity contribution in [2.45, 2.75) is 25.7 Å². The summed E-state index contributed by atoms with van der Waals surface area (Å²) in [4.78, 5) is 12.9. The molecule has 0 heterocycles. The summed E-state index contributed by atoms with van der Waals surface area (Å²) in [6.07, 6.45) is 0. The van der Waals surface area contributed by atoms with Crippen molar-refractivity contribution in [2.75, 3.05) is 16.2 Å². The molecule has 0 aliphatic rings. The number of sulfonamides is 1. The summed E-state index contributed by atoms with van der Waals surface area (Å²) in [5.74, 6) is -0.406. The molecule has 0 fully saturated rings. The summed E-state index contributed by atoms with van der Waals surface area (Å²) in [6.45, 7) is 5.33. The van der Waals surface area contributed by atoms with Crippen LogP contribution in [0, 0.1) is 20.8 Å². The molecule has 0 saturated carbocycles. The van der Waals surface area contributed by atoms with Gasteiger partial charge < -0.3 is 5.32 Å². The van der Waals surface area contributed by atoms with Crippen LogP contribution in [-0.2, 0) is 14.8 Å². The lowest BCUT2D eigenvalue weighted by molar-refractivity contribution is -0.114. The van der Waals surface area contributed by atoms with Crippen LogP contribution in [0.2, 0.25) is 0 Å². The molecule has 29 heavy (non-hydrogen) atoms. The first-order chi connectivity index (χ1) is 13.8. The molecule has 3 rings (SSSR count). The second-order valence-corrected chi connectivity index (χ2v) is 8.89. The van der Waals surface area contributed by atoms with E-state index in [0.29, 0.717) is 11.4 Å². The number of nitrogens with zero attached hydrogens (tertiary/aromatic N) is 1. The lowest BCUT2D eigenvalue weighted by Gasteiger charge is -2.26. The Morgan fingerprint density at radius 3 is 2.24 bits per heavy atom. The van der Waals surface area contributed by atoms with Crippen LogP contribution in [0.1, 0.15) is 16.7 Å². The molecule has 3 aromatic carbocycles. The van der Waals surface area contributed by atoms with E-state index in [1.54, 1.807) is 30.3 Å². The molecule has 0 bridgehead atoms. The molecule has 0 aliphatic heterocycles. The minimum atomic E-state index is -3.92. The molecule has 0 unspecified atom stereocenters. The van der Waals surface area contributed by atoms with E-state index in [4.69, 9.17) is 0 Å². The summed E-state index contributed by atoms with van der Waals surface area (Å²) in [6, 6.07) is 21.1. The van der Waals surface area contributed by atoms with E-state index in [1.165, 1.54) is 16.4 Å². The molecule has 0 atom stereocenters. The Hall–Kier alpha value is -3.12. The molecule has 5 nitrogen and oxygen atoms in total. The fourth-order valence-corrected chi connectivity index (χ4v) is 4.56. The van der Waals surface area contributed by atoms with Gasteiger partial charge in [0.25, 0.3) is 10.0 Å². The van der Waals surface area contributed by atoms with Crippen LogP contribution in [0.15, 0.2) is 77.7 Å². The van der Waals surface area contributed by atoms with Gasteiger partial charge >= 0.3 is 0 Å². The van der Waals surface area contributed by atoms with Gasteiger partial charge in [0.05, 0.1) is 10.6 Å². The van der Waals surface area contributed by atoms with Crippen LogP contribution in [0.3, 0.4) is 0 Å². The molecule has 0 saturated heterocycles. The van der Waals surface area contributed by atoms with Crippen LogP contribution in [0.4, 0.5) is 11.4 Å². The highest BCUT2D eigenvalue weighted by Crippen LogP contribution is 2.28. The summed E-state index contributed by atoms with van der Waals surface area (Å²) in [5.41, 5.74) is 3.82. The van der Waals surface area contributed by atoms with Crippen molar-refractivity contribution < 1.29 is 13.2 Å². The quantitative estimate of drug-likeness (QED) is 0.655. The van der Waals surface area contributed by atoms with Gasteiger partial charge in [0.2, 0.25) is 5.91 Å². The molecular weight excluding hydrogens is 384 g/mol. The van der Waals surface area contributed by atoms with Crippen LogP contribution in [0.25, 0.3) is 0 Å². The first-order valence-corrected chi connectivity index (χ1v) is 10.7. The Morgan fingerprint density at radius 1 is 0.862 bits per heavy atom. The SMILES string of the molecule is Cc1cccc(NC(=O)CN(c2cc(C)ccc2C)S(=O)(=O)c2ccccc2)c1. The fourth-order valence-electron chi connectivity index (χ4n) is 3.06. The van der Waals surface area contributed by atoms with E-state index in [0.717, 1.165) is 16.7 Å². The average molecular weight is 409 g/mol. The first-order valence-electron chi connectivity index (χ1n) is 9.29. The van der Waals surface area contributed by atoms with E-state index in [9.17, 15) is 13.2 Å². The Bertz CT molecular complexity index is 1130. The number of benzene rings is 3. The van der Waals surface area contributed by atoms with Crippen molar-refractivity contribution >= 4 is 27.3 Å². The number of carbonyl (C=O) groups excluding carboxylic acids is 1. The topological polar surface area (TPSA) is 66.5 Å². The number of aryl methyl sites for hydroxylation is 3. The zero-order valence-corrected chi connectivity index (χ0v) is 17.5. The number of carbonyl (C=O) groups is 1. The van der Waals surface area contributed by atoms with Gasteiger partial charge in [-0.1, -0.05) is 42.5 Å². The Labute approximate surface area is 172 Å². The van der Waals surface area contributed by atoms with E-state index >= 15 is 0 Å². The van der Waals surface area contributed by atoms with Crippen LogP contribution >= 0.6 is 0 Å². The number of nitrogens with one attached hydrogen (secondary N) is 1. The molecule has 3 aromatic rings. The minimum absolute atomic E-state index is 0.143. The molecule has 1 N–H and O–H groups in total. The van der Waals surface area contributed by atoms with Crippen molar-refractivity contribution in [1.29, 1.82) is 0 Å². The lowest BCUT2D eigenvalue weighted by Crippen LogP contribution is -2.38. The highest BCUT2D eigenvalue weighted by molar-refractivity contribution is 7.92. The largest absolute Gasteiger partial charge is 0.325 e. The average Bonchev–Trinajstić information content (AvgIpc) is 2.69. The van der Waals surface area contributed by atoms with E-state index in [-0.39, 0.29) is 11.4 Å². The minimum Gasteiger partial charge on any atom is -0.325 e. The third-order valence-corrected chi connectivity index (χ3v) is 6.33. The maximum Gasteiger partial charge on any atom is 0.264 e. The van der Waals surface area contributed by atoms with Gasteiger partial charge in [0.1, 0.15) is 6.54 Å². The zero-order chi connectivity index (χ0) is 21.0. The van der Waals surface area contributed by atoms with E-state index < -0.39 is 15.9 Å². The maximum absolute atomic E-state index is 13.4. The molecule has 0 aliphatic carbocycles. The number of amides is 1. The fraction of sp³-hybridized carbons (Fsp3) is 0.174. The van der Waals surface area contributed by atoms with Crippen LogP contribution < -0.4 is 9.62 Å². The Kier molecular flexibility index (Phi) is 6.03. The van der Waals surface area contributed by atoms with Gasteiger partial charge in [-0.2, -0.15) is 0 Å². The van der Waals surface area contributed by atoms with E-state index in [1.807, 2.05) is 51.1 Å². The van der Waals surface area contributed by atoms with Gasteiger partial charge in [-0.15, -0.1) is 0 Å². The molecular formula is C23H24N2O3S. The van der Waals surface area contributed by atoms with Gasteiger partial charge in [0.15, 0.2) is 0 Å². The second-order valence-electron chi connectivity index (χ2n) is 7.03. The van der Waals surface area contributed by atoms with Gasteiger partial charge in [-0.25, -0.2) is 8.42 Å². The number of rotatable bonds is 6. The summed E-state index contributed by atoms with van der Waals surface area (Å²) < 4.78 is 27.9. The molecule has 0 radical (unpaired) electrons. The summed E-state index contributed by atoms with van der Waals surface area (Å²) in [5, 5.41) is 2.80. The summed E-state index contributed by atoms with van der Waals surface area (Å²) in [7, 11) is -3.92. The normalized spacial score (nSPS) is 11.1. The Balaban J connectivity index is 1.99. The van der Waals surface area contributed by atoms with Crippen LogP contribution in [0.5, 0.6) is 0 Å². The summed E-state index contributed by atoms with van der Waals surface area (Å²) >= 11 is 0. The first kappa shape index (κ1) is 20.6. The molecule has 150 valence electrons. The van der Waals surface area contributed by atoms with Crippen molar-refractivity contribution in [3.05, 3.63) is 89.5 Å². The molecule has 0 aromatic heterocycles. The van der Waals surface area contributed by atoms with Crippen molar-refractivity contribution in [3.63, 3.8) is 0 Å². The molecule has 0 spiro atoms. The van der Waals surface area contributed by atoms with Gasteiger partial charge in [0, 0.05) is 5.69 Å². The molecule has 1 amide bonds. The second kappa shape index (κ2) is 8.49. The van der Waals surface area contributed by atoms with Crippen molar-refractivity contribution in [2.24, 2.45) is 0 Å². The predicted molar refractivity (Wildman–Crippen MR) is 117 cm³/mol. The predicted octanol–water partition coefficient (Wildman–Crippen LogP) is 4.45. The van der Waals surface area contributed by atoms with Crippen molar-refractivity contribution in [3.8, 4) is 0 Å². The third-order valence-electron chi connectivity index (χ3n) is 4.55. The highest BCUT2D eigenvalue weighted by Gasteiger charge is 2.28. The maximum atomic E-state index is 13.4. The monoisotopic (exact) mass is 408 g/mol. The number of anilines is 2. The third kappa shape index (κ3) is 4.84. The van der Waals surface area contributed by atoms with Gasteiger partial charge in [-0.05, 0) is 67.8 Å². The van der Waals surface area contributed by atoms with E-state index in [2.05, 4.69) is 5.32 Å². The standard InChI is InChI=1S/C23H24N2O3S/c1-17-8-7-9-20(14-17)24-23(26)16-25(22-15-18(2)12-13-19(22)3)29(27,28)21-10-5-4-6-11-21/h4-15H,16H2,1-3H3,(H,24,26). The van der Waals surface area contributed by atoms with Crippen molar-refractivity contribution in [1.82, 2.24) is 0 Å². The highest BCUT2D eigenvalue weighted by atomic mass is 32.2. The molecule has 6 heteroatoms. The lowest BCUT2D eigenvalue weighted by atomic mass is 10.1.